The van der Waals surface area contributed by atoms with Crippen LogP contribution in [0.4, 0.5) is 0 Å². The Balaban J connectivity index is 2.46. The molecule has 0 fully saturated rings. The molecule has 4 heteroatoms. The van der Waals surface area contributed by atoms with E-state index in [1.807, 2.05) is 26.4 Å². The lowest BCUT2D eigenvalue weighted by atomic mass is 10.2. The van der Waals surface area contributed by atoms with Crippen molar-refractivity contribution in [2.24, 2.45) is 0 Å². The molecule has 67 valence electrons. The molecule has 0 unspecified atom stereocenters. The molecule has 2 heterocycles. The maximum absolute atomic E-state index is 4.10. The monoisotopic (exact) mass is 176 g/mol. The van der Waals surface area contributed by atoms with Gasteiger partial charge >= 0.3 is 0 Å². The number of H-pyrrole nitrogens is 1. The summed E-state index contributed by atoms with van der Waals surface area (Å²) < 4.78 is 1.75. The van der Waals surface area contributed by atoms with E-state index < -0.39 is 0 Å². The van der Waals surface area contributed by atoms with Crippen LogP contribution in [0.1, 0.15) is 5.56 Å². The Morgan fingerprint density at radius 1 is 1.62 bits per heavy atom. The zero-order valence-corrected chi connectivity index (χ0v) is 7.78. The Morgan fingerprint density at radius 2 is 2.46 bits per heavy atom. The van der Waals surface area contributed by atoms with Crippen molar-refractivity contribution in [3.63, 3.8) is 0 Å². The average molecular weight is 176 g/mol. The van der Waals surface area contributed by atoms with Crippen LogP contribution in [0, 0.1) is 6.07 Å². The lowest BCUT2D eigenvalue weighted by molar-refractivity contribution is -0.640. The molecule has 2 aromatic heterocycles. The first-order valence-electron chi connectivity index (χ1n) is 4.16. The summed E-state index contributed by atoms with van der Waals surface area (Å²) in [7, 11) is 4.09. The van der Waals surface area contributed by atoms with E-state index in [1.165, 1.54) is 5.56 Å². The molecule has 0 aliphatic heterocycles. The summed E-state index contributed by atoms with van der Waals surface area (Å²) in [6.07, 6.45) is 3.61. The molecular formula is C9H12N4+. The minimum absolute atomic E-state index is 0.909. The Morgan fingerprint density at radius 3 is 3.23 bits per heavy atom. The maximum Gasteiger partial charge on any atom is 0.272 e. The van der Waals surface area contributed by atoms with E-state index in [9.17, 15) is 0 Å². The molecule has 1 radical (unpaired) electrons. The Kier molecular flexibility index (Phi) is 1.98. The highest BCUT2D eigenvalue weighted by molar-refractivity contribution is 5.45. The van der Waals surface area contributed by atoms with E-state index in [2.05, 4.69) is 21.2 Å². The normalized spacial score (nSPS) is 11.3. The average Bonchev–Trinajstić information content (AvgIpc) is 2.48. The van der Waals surface area contributed by atoms with Crippen LogP contribution in [-0.2, 0) is 6.54 Å². The zero-order valence-electron chi connectivity index (χ0n) is 7.78. The van der Waals surface area contributed by atoms with Gasteiger partial charge in [0.1, 0.15) is 6.20 Å². The predicted molar refractivity (Wildman–Crippen MR) is 48.0 cm³/mol. The fourth-order valence-electron chi connectivity index (χ4n) is 1.34. The van der Waals surface area contributed by atoms with E-state index in [4.69, 9.17) is 0 Å². The molecule has 2 rings (SSSR count). The fraction of sp³-hybridized carbons (Fsp3) is 0.333. The predicted octanol–water partition coefficient (Wildman–Crippen LogP) is 0.0102. The van der Waals surface area contributed by atoms with E-state index in [1.54, 1.807) is 10.8 Å². The van der Waals surface area contributed by atoms with Crippen LogP contribution in [0.25, 0.3) is 5.52 Å². The van der Waals surface area contributed by atoms with Gasteiger partial charge in [0.25, 0.3) is 5.52 Å². The van der Waals surface area contributed by atoms with Crippen molar-refractivity contribution in [3.05, 3.63) is 30.1 Å². The van der Waals surface area contributed by atoms with Crippen LogP contribution in [0.15, 0.2) is 18.5 Å². The van der Waals surface area contributed by atoms with E-state index in [0.29, 0.717) is 0 Å². The quantitative estimate of drug-likeness (QED) is 0.654. The molecule has 2 aromatic rings. The summed E-state index contributed by atoms with van der Waals surface area (Å²) in [5, 5.41) is 7.15. The second-order valence-electron chi connectivity index (χ2n) is 3.29. The Labute approximate surface area is 76.8 Å². The number of aromatic nitrogens is 3. The molecule has 13 heavy (non-hydrogen) atoms. The van der Waals surface area contributed by atoms with Gasteiger partial charge in [-0.2, -0.15) is 0 Å². The van der Waals surface area contributed by atoms with Crippen molar-refractivity contribution in [1.29, 1.82) is 0 Å². The Hall–Kier alpha value is -1.42. The molecule has 0 spiro atoms. The largest absolute Gasteiger partial charge is 0.305 e. The van der Waals surface area contributed by atoms with Gasteiger partial charge in [-0.15, -0.1) is 5.10 Å². The molecule has 0 aromatic carbocycles. The van der Waals surface area contributed by atoms with Gasteiger partial charge in [-0.25, -0.2) is 0 Å². The Bertz CT molecular complexity index is 405. The van der Waals surface area contributed by atoms with Crippen molar-refractivity contribution in [2.45, 2.75) is 6.54 Å². The summed E-state index contributed by atoms with van der Waals surface area (Å²) in [6.45, 7) is 0.909. The highest BCUT2D eigenvalue weighted by Crippen LogP contribution is 2.04. The fourth-order valence-corrected chi connectivity index (χ4v) is 1.34. The number of rotatable bonds is 2. The first-order valence-corrected chi connectivity index (χ1v) is 4.16. The minimum atomic E-state index is 0.909. The lowest BCUT2D eigenvalue weighted by Crippen LogP contribution is -2.27. The number of nitrogens with one attached hydrogen (secondary N) is 1. The standard InChI is InChI=1S/C9H11N4/c1-12(2)7-8-6-11-13-9(8)4-3-5-10-13/h4-6H,7H2,1-2H3/p+1. The maximum atomic E-state index is 4.10. The lowest BCUT2D eigenvalue weighted by Gasteiger charge is -2.04. The third-order valence-corrected chi connectivity index (χ3v) is 1.87. The molecular weight excluding hydrogens is 164 g/mol. The first-order chi connectivity index (χ1) is 6.27. The van der Waals surface area contributed by atoms with Crippen molar-refractivity contribution in [3.8, 4) is 0 Å². The molecule has 0 saturated carbocycles. The van der Waals surface area contributed by atoms with Gasteiger partial charge in [-0.1, -0.05) is 0 Å². The van der Waals surface area contributed by atoms with E-state index >= 15 is 0 Å². The number of fused-ring (bicyclic) bond motifs is 1. The second-order valence-corrected chi connectivity index (χ2v) is 3.29. The van der Waals surface area contributed by atoms with Crippen LogP contribution in [0.5, 0.6) is 0 Å². The van der Waals surface area contributed by atoms with Crippen LogP contribution in [0.3, 0.4) is 0 Å². The SMILES string of the molecule is CN(C)Cc1c[nH][n+]2nc[c]cc12. The smallest absolute Gasteiger partial charge is 0.272 e. The zero-order chi connectivity index (χ0) is 9.26. The van der Waals surface area contributed by atoms with Gasteiger partial charge in [0.2, 0.25) is 0 Å². The van der Waals surface area contributed by atoms with E-state index in [-0.39, 0.29) is 0 Å². The molecule has 4 nitrogen and oxygen atoms in total. The highest BCUT2D eigenvalue weighted by atomic mass is 15.4. The molecule has 0 saturated heterocycles. The van der Waals surface area contributed by atoms with Gasteiger partial charge in [0.15, 0.2) is 0 Å². The number of nitrogens with zero attached hydrogens (tertiary/aromatic N) is 3. The van der Waals surface area contributed by atoms with Gasteiger partial charge in [0, 0.05) is 28.4 Å². The molecule has 0 atom stereocenters. The molecule has 0 bridgehead atoms. The third kappa shape index (κ3) is 1.53. The van der Waals surface area contributed by atoms with Crippen LogP contribution < -0.4 is 4.63 Å². The van der Waals surface area contributed by atoms with Gasteiger partial charge in [-0.3, -0.25) is 0 Å². The van der Waals surface area contributed by atoms with Gasteiger partial charge < -0.3 is 4.90 Å². The number of hydrogen-bond donors (Lipinski definition) is 1. The summed E-state index contributed by atoms with van der Waals surface area (Å²) in [5.74, 6) is 0. The van der Waals surface area contributed by atoms with Crippen molar-refractivity contribution < 1.29 is 4.63 Å². The van der Waals surface area contributed by atoms with E-state index in [0.717, 1.165) is 12.1 Å². The van der Waals surface area contributed by atoms with Crippen LogP contribution in [0.2, 0.25) is 0 Å². The van der Waals surface area contributed by atoms with Crippen molar-refractivity contribution in [1.82, 2.24) is 15.1 Å². The molecule has 0 aliphatic rings. The molecule has 0 aliphatic carbocycles. The molecule has 0 amide bonds. The van der Waals surface area contributed by atoms with Crippen LogP contribution in [-0.4, -0.2) is 29.2 Å². The summed E-state index contributed by atoms with van der Waals surface area (Å²) in [5.41, 5.74) is 2.31. The summed E-state index contributed by atoms with van der Waals surface area (Å²) in [6, 6.07) is 4.90. The number of aromatic amines is 1. The van der Waals surface area contributed by atoms with Crippen molar-refractivity contribution >= 4 is 5.52 Å². The topological polar surface area (TPSA) is 36.0 Å². The van der Waals surface area contributed by atoms with Gasteiger partial charge in [0.05, 0.1) is 11.8 Å². The molecule has 1 N–H and O–H groups in total. The highest BCUT2D eigenvalue weighted by Gasteiger charge is 2.11. The minimum Gasteiger partial charge on any atom is -0.305 e. The third-order valence-electron chi connectivity index (χ3n) is 1.87. The van der Waals surface area contributed by atoms with Gasteiger partial charge in [-0.05, 0) is 14.1 Å². The number of hydrogen-bond acceptors (Lipinski definition) is 2. The van der Waals surface area contributed by atoms with Crippen molar-refractivity contribution in [2.75, 3.05) is 14.1 Å². The summed E-state index contributed by atoms with van der Waals surface area (Å²) >= 11 is 0. The summed E-state index contributed by atoms with van der Waals surface area (Å²) in [4.78, 5) is 2.12. The first kappa shape index (κ1) is 8.19. The van der Waals surface area contributed by atoms with Crippen LogP contribution >= 0.6 is 0 Å². The second kappa shape index (κ2) is 3.14.